The lowest BCUT2D eigenvalue weighted by Gasteiger charge is -2.23. The van der Waals surface area contributed by atoms with Crippen molar-refractivity contribution < 1.29 is 14.2 Å². The summed E-state index contributed by atoms with van der Waals surface area (Å²) in [6.45, 7) is 0.927. The van der Waals surface area contributed by atoms with Gasteiger partial charge in [-0.05, 0) is 65.6 Å². The van der Waals surface area contributed by atoms with Crippen LogP contribution >= 0.6 is 0 Å². The number of aromatic nitrogens is 1. The average Bonchev–Trinajstić information content (AvgIpc) is 3.26. The molecule has 0 saturated heterocycles. The Labute approximate surface area is 207 Å². The summed E-state index contributed by atoms with van der Waals surface area (Å²) in [5, 5.41) is 0. The first-order valence-electron chi connectivity index (χ1n) is 11.9. The first-order valence-corrected chi connectivity index (χ1v) is 11.9. The van der Waals surface area contributed by atoms with Gasteiger partial charge in [0.15, 0.2) is 11.5 Å². The molecule has 0 radical (unpaired) electrons. The van der Waals surface area contributed by atoms with E-state index in [1.165, 1.54) is 44.9 Å². The molecule has 5 rings (SSSR count). The highest BCUT2D eigenvalue weighted by atomic mass is 16.5. The van der Waals surface area contributed by atoms with E-state index in [0.29, 0.717) is 0 Å². The van der Waals surface area contributed by atoms with Crippen LogP contribution in [0.25, 0.3) is 22.4 Å². The maximum absolute atomic E-state index is 5.65. The Morgan fingerprint density at radius 1 is 0.800 bits per heavy atom. The fourth-order valence-corrected chi connectivity index (χ4v) is 4.99. The first-order chi connectivity index (χ1) is 17.0. The number of methoxy groups -OCH3 is 3. The SMILES string of the molecule is COc1ccc(Cc2c(-c3cccc(N(C)C)c3)cc3n2CCc2cc(OC)c(OC)cc2-3)cc1. The Hall–Kier alpha value is -3.86. The molecule has 1 aromatic heterocycles. The van der Waals surface area contributed by atoms with Crippen LogP contribution in [-0.4, -0.2) is 40.0 Å². The number of hydrogen-bond donors (Lipinski definition) is 0. The third kappa shape index (κ3) is 4.23. The van der Waals surface area contributed by atoms with Crippen molar-refractivity contribution in [1.82, 2.24) is 4.57 Å². The number of ether oxygens (including phenoxy) is 3. The normalized spacial score (nSPS) is 12.0. The highest BCUT2D eigenvalue weighted by molar-refractivity contribution is 5.80. The van der Waals surface area contributed by atoms with Gasteiger partial charge in [0.2, 0.25) is 0 Å². The van der Waals surface area contributed by atoms with Crippen molar-refractivity contribution in [2.45, 2.75) is 19.4 Å². The monoisotopic (exact) mass is 468 g/mol. The van der Waals surface area contributed by atoms with Crippen LogP contribution in [0.3, 0.4) is 0 Å². The fourth-order valence-electron chi connectivity index (χ4n) is 4.99. The van der Waals surface area contributed by atoms with Gasteiger partial charge in [-0.3, -0.25) is 0 Å². The predicted molar refractivity (Wildman–Crippen MR) is 142 cm³/mol. The van der Waals surface area contributed by atoms with E-state index in [1.807, 2.05) is 12.1 Å². The standard InChI is InChI=1S/C30H32N2O3/c1-31(2)23-8-6-7-21(16-23)25-18-28-26-19-30(35-5)29(34-4)17-22(26)13-14-32(28)27(25)15-20-9-11-24(33-3)12-10-20/h6-12,16-19H,13-15H2,1-5H3. The molecule has 0 saturated carbocycles. The van der Waals surface area contributed by atoms with E-state index in [4.69, 9.17) is 14.2 Å². The zero-order valence-corrected chi connectivity index (χ0v) is 21.1. The van der Waals surface area contributed by atoms with Crippen molar-refractivity contribution in [3.63, 3.8) is 0 Å². The van der Waals surface area contributed by atoms with Gasteiger partial charge in [0.25, 0.3) is 0 Å². The van der Waals surface area contributed by atoms with Crippen molar-refractivity contribution in [2.75, 3.05) is 40.3 Å². The van der Waals surface area contributed by atoms with Crippen molar-refractivity contribution in [1.29, 1.82) is 0 Å². The summed E-state index contributed by atoms with van der Waals surface area (Å²) in [5.74, 6) is 2.41. The van der Waals surface area contributed by atoms with Crippen LogP contribution in [0.5, 0.6) is 17.2 Å². The second-order valence-electron chi connectivity index (χ2n) is 9.13. The number of hydrogen-bond acceptors (Lipinski definition) is 4. The lowest BCUT2D eigenvalue weighted by molar-refractivity contribution is 0.354. The van der Waals surface area contributed by atoms with Crippen LogP contribution < -0.4 is 19.1 Å². The Morgan fingerprint density at radius 3 is 2.23 bits per heavy atom. The third-order valence-corrected chi connectivity index (χ3v) is 6.90. The summed E-state index contributed by atoms with van der Waals surface area (Å²) in [7, 11) is 9.25. The summed E-state index contributed by atoms with van der Waals surface area (Å²) in [5.41, 5.74) is 9.98. The van der Waals surface area contributed by atoms with E-state index in [-0.39, 0.29) is 0 Å². The highest BCUT2D eigenvalue weighted by Gasteiger charge is 2.25. The van der Waals surface area contributed by atoms with Crippen LogP contribution in [0.4, 0.5) is 5.69 Å². The zero-order valence-electron chi connectivity index (χ0n) is 21.1. The van der Waals surface area contributed by atoms with Gasteiger partial charge in [0.1, 0.15) is 5.75 Å². The number of anilines is 1. The van der Waals surface area contributed by atoms with E-state index in [9.17, 15) is 0 Å². The zero-order chi connectivity index (χ0) is 24.5. The molecule has 1 aliphatic heterocycles. The van der Waals surface area contributed by atoms with Gasteiger partial charge in [-0.25, -0.2) is 0 Å². The molecule has 0 fully saturated rings. The highest BCUT2D eigenvalue weighted by Crippen LogP contribution is 2.43. The summed E-state index contributed by atoms with van der Waals surface area (Å²) in [4.78, 5) is 2.15. The maximum Gasteiger partial charge on any atom is 0.161 e. The molecule has 0 bridgehead atoms. The summed E-state index contributed by atoms with van der Waals surface area (Å²) < 4.78 is 19.1. The molecular formula is C30H32N2O3. The first kappa shape index (κ1) is 22.9. The van der Waals surface area contributed by atoms with E-state index in [0.717, 1.165) is 36.6 Å². The van der Waals surface area contributed by atoms with Crippen molar-refractivity contribution in [3.8, 4) is 39.6 Å². The molecule has 1 aliphatic rings. The van der Waals surface area contributed by atoms with Crippen molar-refractivity contribution in [2.24, 2.45) is 0 Å². The van der Waals surface area contributed by atoms with Crippen LogP contribution in [0, 0.1) is 0 Å². The molecule has 0 amide bonds. The molecule has 35 heavy (non-hydrogen) atoms. The second kappa shape index (κ2) is 9.41. The molecule has 2 heterocycles. The molecule has 5 heteroatoms. The minimum absolute atomic E-state index is 0.758. The lowest BCUT2D eigenvalue weighted by atomic mass is 9.97. The van der Waals surface area contributed by atoms with Gasteiger partial charge in [0, 0.05) is 55.3 Å². The molecular weight excluding hydrogens is 436 g/mol. The molecule has 0 atom stereocenters. The van der Waals surface area contributed by atoms with Crippen molar-refractivity contribution in [3.05, 3.63) is 83.6 Å². The third-order valence-electron chi connectivity index (χ3n) is 6.90. The molecule has 180 valence electrons. The summed E-state index contributed by atoms with van der Waals surface area (Å²) >= 11 is 0. The molecule has 0 aliphatic carbocycles. The molecule has 0 spiro atoms. The number of aryl methyl sites for hydroxylation is 1. The maximum atomic E-state index is 5.65. The smallest absolute Gasteiger partial charge is 0.161 e. The summed E-state index contributed by atoms with van der Waals surface area (Å²) in [6.07, 6.45) is 1.79. The molecule has 4 aromatic rings. The largest absolute Gasteiger partial charge is 0.497 e. The number of benzene rings is 3. The molecule has 5 nitrogen and oxygen atoms in total. The second-order valence-corrected chi connectivity index (χ2v) is 9.13. The van der Waals surface area contributed by atoms with Crippen LogP contribution in [0.2, 0.25) is 0 Å². The van der Waals surface area contributed by atoms with Gasteiger partial charge in [-0.1, -0.05) is 24.3 Å². The van der Waals surface area contributed by atoms with Gasteiger partial charge in [-0.15, -0.1) is 0 Å². The Balaban J connectivity index is 1.68. The Bertz CT molecular complexity index is 1350. The van der Waals surface area contributed by atoms with Crippen LogP contribution in [-0.2, 0) is 19.4 Å². The molecule has 0 N–H and O–H groups in total. The number of fused-ring (bicyclic) bond motifs is 3. The van der Waals surface area contributed by atoms with Gasteiger partial charge in [-0.2, -0.15) is 0 Å². The van der Waals surface area contributed by atoms with E-state index < -0.39 is 0 Å². The predicted octanol–water partition coefficient (Wildman–Crippen LogP) is 6.06. The Morgan fingerprint density at radius 2 is 1.54 bits per heavy atom. The van der Waals surface area contributed by atoms with Crippen LogP contribution in [0.1, 0.15) is 16.8 Å². The van der Waals surface area contributed by atoms with Gasteiger partial charge >= 0.3 is 0 Å². The van der Waals surface area contributed by atoms with E-state index >= 15 is 0 Å². The quantitative estimate of drug-likeness (QED) is 0.330. The average molecular weight is 469 g/mol. The van der Waals surface area contributed by atoms with Crippen molar-refractivity contribution >= 4 is 5.69 Å². The summed E-state index contributed by atoms with van der Waals surface area (Å²) in [6, 6.07) is 23.7. The minimum atomic E-state index is 0.758. The lowest BCUT2D eigenvalue weighted by Crippen LogP contribution is -2.14. The van der Waals surface area contributed by atoms with E-state index in [2.05, 4.69) is 78.2 Å². The number of nitrogens with zero attached hydrogens (tertiary/aromatic N) is 2. The van der Waals surface area contributed by atoms with E-state index in [1.54, 1.807) is 21.3 Å². The molecule has 3 aromatic carbocycles. The number of rotatable bonds is 7. The minimum Gasteiger partial charge on any atom is -0.497 e. The molecule has 0 unspecified atom stereocenters. The fraction of sp³-hybridized carbons (Fsp3) is 0.267. The van der Waals surface area contributed by atoms with Gasteiger partial charge < -0.3 is 23.7 Å². The van der Waals surface area contributed by atoms with Crippen LogP contribution in [0.15, 0.2) is 66.7 Å². The van der Waals surface area contributed by atoms with Gasteiger partial charge in [0.05, 0.1) is 21.3 Å². The Kier molecular flexibility index (Phi) is 6.16. The topological polar surface area (TPSA) is 35.9 Å².